The Morgan fingerprint density at radius 2 is 1.78 bits per heavy atom. The monoisotopic (exact) mass is 491 g/mol. The third-order valence-corrected chi connectivity index (χ3v) is 7.57. The first-order valence-corrected chi connectivity index (χ1v) is 12.2. The van der Waals surface area contributed by atoms with E-state index >= 15 is 0 Å². The van der Waals surface area contributed by atoms with Gasteiger partial charge in [0.25, 0.3) is 11.8 Å². The van der Waals surface area contributed by atoms with Gasteiger partial charge in [-0.1, -0.05) is 12.1 Å². The second kappa shape index (κ2) is 8.70. The molecule has 1 atom stereocenters. The first-order valence-electron chi connectivity index (χ1n) is 12.2. The topological polar surface area (TPSA) is 102 Å². The first kappa shape index (κ1) is 22.7. The van der Waals surface area contributed by atoms with E-state index in [4.69, 9.17) is 0 Å². The molecule has 10 heteroatoms. The third-order valence-electron chi connectivity index (χ3n) is 7.57. The summed E-state index contributed by atoms with van der Waals surface area (Å²) < 4.78 is 14.6. The van der Waals surface area contributed by atoms with Gasteiger partial charge in [0.15, 0.2) is 0 Å². The van der Waals surface area contributed by atoms with Gasteiger partial charge in [0.05, 0.1) is 0 Å². The lowest BCUT2D eigenvalue weighted by Crippen LogP contribution is -2.52. The van der Waals surface area contributed by atoms with E-state index in [-0.39, 0.29) is 42.7 Å². The molecule has 2 aromatic rings. The van der Waals surface area contributed by atoms with Crippen molar-refractivity contribution in [1.82, 2.24) is 20.4 Å². The van der Waals surface area contributed by atoms with Crippen molar-refractivity contribution in [2.24, 2.45) is 0 Å². The number of amides is 4. The van der Waals surface area contributed by atoms with Crippen molar-refractivity contribution < 1.29 is 23.6 Å². The molecule has 9 nitrogen and oxygen atoms in total. The summed E-state index contributed by atoms with van der Waals surface area (Å²) in [5.41, 5.74) is 4.54. The maximum atomic E-state index is 14.6. The van der Waals surface area contributed by atoms with E-state index in [1.54, 1.807) is 0 Å². The standard InChI is InChI=1S/C26H26FN5O4/c27-17-10-19-20(14-32(26(19)36)21-3-4-23(33)29-25(21)35)22(11-17)31-7-5-30(6-8-31)13-15-1-2-16-12-28-24(34)18(16)9-15/h1-2,9-11,21H,3-8,12-14H2,(H,28,34)(H,29,33,35). The molecule has 2 N–H and O–H groups in total. The van der Waals surface area contributed by atoms with Gasteiger partial charge in [-0.25, -0.2) is 4.39 Å². The van der Waals surface area contributed by atoms with Crippen molar-refractivity contribution in [2.75, 3.05) is 31.1 Å². The summed E-state index contributed by atoms with van der Waals surface area (Å²) in [7, 11) is 0. The Bertz CT molecular complexity index is 1300. The molecule has 0 aromatic heterocycles. The van der Waals surface area contributed by atoms with Crippen LogP contribution >= 0.6 is 0 Å². The molecule has 4 amide bonds. The summed E-state index contributed by atoms with van der Waals surface area (Å²) in [5.74, 6) is -1.71. The lowest BCUT2D eigenvalue weighted by Gasteiger charge is -2.37. The molecule has 0 radical (unpaired) electrons. The summed E-state index contributed by atoms with van der Waals surface area (Å²) in [4.78, 5) is 54.8. The molecule has 6 rings (SSSR count). The summed E-state index contributed by atoms with van der Waals surface area (Å²) in [6.45, 7) is 4.33. The maximum absolute atomic E-state index is 14.6. The molecule has 1 unspecified atom stereocenters. The number of fused-ring (bicyclic) bond motifs is 2. The maximum Gasteiger partial charge on any atom is 0.255 e. The van der Waals surface area contributed by atoms with Crippen LogP contribution in [0.25, 0.3) is 0 Å². The van der Waals surface area contributed by atoms with E-state index in [9.17, 15) is 23.6 Å². The van der Waals surface area contributed by atoms with Crippen molar-refractivity contribution in [3.05, 3.63) is 64.0 Å². The van der Waals surface area contributed by atoms with Gasteiger partial charge in [-0.15, -0.1) is 0 Å². The number of anilines is 1. The number of nitrogens with one attached hydrogen (secondary N) is 2. The van der Waals surface area contributed by atoms with Crippen molar-refractivity contribution >= 4 is 29.3 Å². The molecule has 4 aliphatic heterocycles. The number of benzene rings is 2. The Morgan fingerprint density at radius 3 is 2.56 bits per heavy atom. The molecule has 186 valence electrons. The summed E-state index contributed by atoms with van der Waals surface area (Å²) in [6.07, 6.45) is 0.444. The predicted molar refractivity (Wildman–Crippen MR) is 128 cm³/mol. The molecule has 0 bridgehead atoms. The van der Waals surface area contributed by atoms with E-state index in [1.165, 1.54) is 17.0 Å². The Labute approximate surface area is 207 Å². The average Bonchev–Trinajstić information content (AvgIpc) is 3.39. The summed E-state index contributed by atoms with van der Waals surface area (Å²) in [5, 5.41) is 5.14. The van der Waals surface area contributed by atoms with Crippen LogP contribution in [0.15, 0.2) is 30.3 Å². The number of imide groups is 1. The number of carbonyl (C=O) groups excluding carboxylic acids is 4. The molecule has 36 heavy (non-hydrogen) atoms. The van der Waals surface area contributed by atoms with Gasteiger partial charge in [0, 0.05) is 74.6 Å². The number of hydrogen-bond donors (Lipinski definition) is 2. The van der Waals surface area contributed by atoms with Gasteiger partial charge in [0.1, 0.15) is 11.9 Å². The Hall–Kier alpha value is -3.79. The lowest BCUT2D eigenvalue weighted by molar-refractivity contribution is -0.136. The number of piperazine rings is 1. The fraction of sp³-hybridized carbons (Fsp3) is 0.385. The van der Waals surface area contributed by atoms with E-state index in [1.807, 2.05) is 12.1 Å². The van der Waals surface area contributed by atoms with E-state index < -0.39 is 17.8 Å². The lowest BCUT2D eigenvalue weighted by atomic mass is 10.0. The Balaban J connectivity index is 1.16. The number of piperidine rings is 1. The Morgan fingerprint density at radius 1 is 0.972 bits per heavy atom. The zero-order valence-corrected chi connectivity index (χ0v) is 19.7. The van der Waals surface area contributed by atoms with E-state index in [2.05, 4.69) is 26.5 Å². The predicted octanol–water partition coefficient (Wildman–Crippen LogP) is 1.15. The van der Waals surface area contributed by atoms with Crippen LogP contribution in [-0.2, 0) is 29.2 Å². The molecule has 2 aromatic carbocycles. The number of halogens is 1. The quantitative estimate of drug-likeness (QED) is 0.623. The molecule has 2 fully saturated rings. The molecular formula is C26H26FN5O4. The van der Waals surface area contributed by atoms with Crippen LogP contribution in [0.3, 0.4) is 0 Å². The minimum atomic E-state index is -0.732. The highest BCUT2D eigenvalue weighted by Crippen LogP contribution is 2.35. The molecule has 0 spiro atoms. The van der Waals surface area contributed by atoms with Gasteiger partial charge < -0.3 is 15.1 Å². The van der Waals surface area contributed by atoms with Gasteiger partial charge in [-0.05, 0) is 35.7 Å². The number of hydrogen-bond acceptors (Lipinski definition) is 6. The minimum Gasteiger partial charge on any atom is -0.369 e. The normalized spacial score (nSPS) is 22.0. The van der Waals surface area contributed by atoms with Crippen LogP contribution in [0, 0.1) is 5.82 Å². The summed E-state index contributed by atoms with van der Waals surface area (Å²) in [6, 6.07) is 7.99. The zero-order valence-electron chi connectivity index (χ0n) is 19.7. The fourth-order valence-electron chi connectivity index (χ4n) is 5.65. The molecule has 4 aliphatic rings. The van der Waals surface area contributed by atoms with Crippen molar-refractivity contribution in [3.63, 3.8) is 0 Å². The molecule has 0 aliphatic carbocycles. The Kier molecular flexibility index (Phi) is 5.48. The molecule has 4 heterocycles. The minimum absolute atomic E-state index is 0.0301. The van der Waals surface area contributed by atoms with Crippen LogP contribution < -0.4 is 15.5 Å². The zero-order chi connectivity index (χ0) is 25.0. The number of carbonyl (C=O) groups is 4. The van der Waals surface area contributed by atoms with Gasteiger partial charge >= 0.3 is 0 Å². The number of nitrogens with zero attached hydrogens (tertiary/aromatic N) is 3. The fourth-order valence-corrected chi connectivity index (χ4v) is 5.65. The van der Waals surface area contributed by atoms with E-state index in [0.717, 1.165) is 41.9 Å². The van der Waals surface area contributed by atoms with Crippen LogP contribution in [0.2, 0.25) is 0 Å². The largest absolute Gasteiger partial charge is 0.369 e. The van der Waals surface area contributed by atoms with E-state index in [0.29, 0.717) is 25.3 Å². The van der Waals surface area contributed by atoms with Crippen LogP contribution in [0.1, 0.15) is 50.2 Å². The summed E-state index contributed by atoms with van der Waals surface area (Å²) >= 11 is 0. The highest BCUT2D eigenvalue weighted by Gasteiger charge is 2.41. The van der Waals surface area contributed by atoms with Gasteiger partial charge in [-0.3, -0.25) is 29.4 Å². The highest BCUT2D eigenvalue weighted by atomic mass is 19.1. The van der Waals surface area contributed by atoms with Crippen LogP contribution in [-0.4, -0.2) is 65.6 Å². The van der Waals surface area contributed by atoms with Crippen LogP contribution in [0.4, 0.5) is 10.1 Å². The average molecular weight is 492 g/mol. The van der Waals surface area contributed by atoms with Gasteiger partial charge in [0.2, 0.25) is 11.8 Å². The molecule has 0 saturated carbocycles. The third kappa shape index (κ3) is 3.91. The smallest absolute Gasteiger partial charge is 0.255 e. The SMILES string of the molecule is O=C1CCC(N2Cc3c(cc(F)cc3N3CCN(Cc4ccc5c(c4)C(=O)NC5)CC3)C2=O)C(=O)N1. The molecule has 2 saturated heterocycles. The van der Waals surface area contributed by atoms with Crippen LogP contribution in [0.5, 0.6) is 0 Å². The molecular weight excluding hydrogens is 465 g/mol. The highest BCUT2D eigenvalue weighted by molar-refractivity contribution is 6.06. The van der Waals surface area contributed by atoms with Crippen molar-refractivity contribution in [2.45, 2.75) is 38.5 Å². The van der Waals surface area contributed by atoms with Gasteiger partial charge in [-0.2, -0.15) is 0 Å². The van der Waals surface area contributed by atoms with Crippen molar-refractivity contribution in [3.8, 4) is 0 Å². The second-order valence-corrected chi connectivity index (χ2v) is 9.79. The first-order chi connectivity index (χ1) is 17.4. The second-order valence-electron chi connectivity index (χ2n) is 9.79. The van der Waals surface area contributed by atoms with Crippen molar-refractivity contribution in [1.29, 1.82) is 0 Å². The number of rotatable bonds is 4.